The molecule has 5 aromatic rings. The molecule has 0 aromatic heterocycles. The van der Waals surface area contributed by atoms with Crippen LogP contribution in [0.25, 0.3) is 32.3 Å². The van der Waals surface area contributed by atoms with Gasteiger partial charge in [0.2, 0.25) is 0 Å². The molecule has 226 valence electrons. The van der Waals surface area contributed by atoms with Crippen molar-refractivity contribution < 1.29 is 44.4 Å². The molecule has 0 N–H and O–H groups in total. The molecule has 0 aliphatic carbocycles. The van der Waals surface area contributed by atoms with Crippen molar-refractivity contribution in [2.75, 3.05) is 14.2 Å². The van der Waals surface area contributed by atoms with Crippen LogP contribution in [0.5, 0.6) is 17.2 Å². The highest BCUT2D eigenvalue weighted by Gasteiger charge is 2.29. The highest BCUT2D eigenvalue weighted by atomic mass is 35.7. The number of benzene rings is 5. The van der Waals surface area contributed by atoms with E-state index >= 15 is 0 Å². The van der Waals surface area contributed by atoms with Crippen molar-refractivity contribution in [1.29, 1.82) is 0 Å². The van der Waals surface area contributed by atoms with E-state index in [0.717, 1.165) is 18.2 Å². The van der Waals surface area contributed by atoms with Crippen molar-refractivity contribution in [3.05, 3.63) is 64.2 Å². The van der Waals surface area contributed by atoms with Crippen LogP contribution in [0.15, 0.2) is 63.2 Å². The third-order valence-corrected chi connectivity index (χ3v) is 10.8. The number of nitro groups is 1. The summed E-state index contributed by atoms with van der Waals surface area (Å²) in [6.07, 6.45) is 0. The Balaban J connectivity index is 1.87. The minimum Gasteiger partial charge on any atom is -0.493 e. The molecule has 0 bridgehead atoms. The summed E-state index contributed by atoms with van der Waals surface area (Å²) < 4.78 is 91.7. The van der Waals surface area contributed by atoms with Crippen LogP contribution in [-0.2, 0) is 33.8 Å². The van der Waals surface area contributed by atoms with Gasteiger partial charge in [0.25, 0.3) is 32.8 Å². The summed E-state index contributed by atoms with van der Waals surface area (Å²) >= 11 is 0. The minimum atomic E-state index is -4.54. The number of nitro benzene ring substituents is 1. The van der Waals surface area contributed by atoms with E-state index < -0.39 is 53.4 Å². The normalized spacial score (nSPS) is 12.7. The van der Waals surface area contributed by atoms with Crippen LogP contribution in [0.4, 0.5) is 5.69 Å². The van der Waals surface area contributed by atoms with E-state index in [1.165, 1.54) is 44.6 Å². The molecule has 0 aliphatic heterocycles. The Morgan fingerprint density at radius 2 is 1.07 bits per heavy atom. The molecule has 0 amide bonds. The molecule has 0 heterocycles. The highest BCUT2D eigenvalue weighted by molar-refractivity contribution is 8.14. The Labute approximate surface area is 257 Å². The topological polar surface area (TPSA) is 173 Å². The Morgan fingerprint density at radius 1 is 0.651 bits per heavy atom. The van der Waals surface area contributed by atoms with Gasteiger partial charge < -0.3 is 14.2 Å². The van der Waals surface area contributed by atoms with Crippen LogP contribution in [0.1, 0.15) is 5.56 Å². The molecule has 0 saturated carbocycles. The predicted molar refractivity (Wildman–Crippen MR) is 160 cm³/mol. The molecule has 0 spiro atoms. The van der Waals surface area contributed by atoms with Crippen LogP contribution >= 0.6 is 32.0 Å². The molecule has 0 saturated heterocycles. The SMILES string of the molecule is COc1cc(COc2cc(S(=O)(=O)Cl)c3ccc4c(S(=O)(=O)Cl)cc(S(=O)(=O)Cl)c5ccc2c3c54)c([N+](=O)[O-])cc1OC. The molecular formula is C25H16Cl3NO11S3. The number of halogens is 3. The van der Waals surface area contributed by atoms with Gasteiger partial charge in [0.05, 0.1) is 45.5 Å². The van der Waals surface area contributed by atoms with Gasteiger partial charge in [0.15, 0.2) is 11.5 Å². The van der Waals surface area contributed by atoms with Gasteiger partial charge in [-0.25, -0.2) is 25.3 Å². The van der Waals surface area contributed by atoms with E-state index in [-0.39, 0.29) is 60.8 Å². The summed E-state index contributed by atoms with van der Waals surface area (Å²) in [4.78, 5) is 9.50. The van der Waals surface area contributed by atoms with E-state index in [4.69, 9.17) is 46.3 Å². The lowest BCUT2D eigenvalue weighted by molar-refractivity contribution is -0.385. The molecule has 0 aliphatic rings. The monoisotopic (exact) mass is 707 g/mol. The lowest BCUT2D eigenvalue weighted by Gasteiger charge is -2.19. The van der Waals surface area contributed by atoms with E-state index in [1.54, 1.807) is 0 Å². The zero-order valence-electron chi connectivity index (χ0n) is 21.6. The number of rotatable bonds is 9. The molecule has 43 heavy (non-hydrogen) atoms. The van der Waals surface area contributed by atoms with Crippen molar-refractivity contribution in [3.8, 4) is 17.2 Å². The van der Waals surface area contributed by atoms with Gasteiger partial charge >= 0.3 is 0 Å². The van der Waals surface area contributed by atoms with Crippen LogP contribution in [0.2, 0.25) is 0 Å². The van der Waals surface area contributed by atoms with E-state index in [9.17, 15) is 35.4 Å². The van der Waals surface area contributed by atoms with Gasteiger partial charge in [-0.15, -0.1) is 0 Å². The number of ether oxygens (including phenoxy) is 3. The van der Waals surface area contributed by atoms with Crippen molar-refractivity contribution in [3.63, 3.8) is 0 Å². The second-order valence-electron chi connectivity index (χ2n) is 9.01. The minimum absolute atomic E-state index is 0.0000592. The maximum absolute atomic E-state index is 12.7. The molecular weight excluding hydrogens is 693 g/mol. The van der Waals surface area contributed by atoms with Gasteiger partial charge in [0.1, 0.15) is 12.4 Å². The number of hydrogen-bond donors (Lipinski definition) is 0. The lowest BCUT2D eigenvalue weighted by Crippen LogP contribution is -2.05. The van der Waals surface area contributed by atoms with Crippen LogP contribution in [-0.4, -0.2) is 44.4 Å². The molecule has 5 aromatic carbocycles. The Morgan fingerprint density at radius 3 is 1.51 bits per heavy atom. The first kappa shape index (κ1) is 31.1. The van der Waals surface area contributed by atoms with Gasteiger partial charge in [-0.2, -0.15) is 0 Å². The first-order chi connectivity index (χ1) is 20.0. The first-order valence-corrected chi connectivity index (χ1v) is 18.5. The van der Waals surface area contributed by atoms with Crippen molar-refractivity contribution >= 4 is 97.2 Å². The Hall–Kier alpha value is -3.34. The molecule has 0 unspecified atom stereocenters. The quantitative estimate of drug-likeness (QED) is 0.0775. The van der Waals surface area contributed by atoms with Crippen molar-refractivity contribution in [2.45, 2.75) is 21.3 Å². The number of hydrogen-bond acceptors (Lipinski definition) is 11. The molecule has 18 heteroatoms. The third kappa shape index (κ3) is 5.45. The summed E-state index contributed by atoms with van der Waals surface area (Å²) in [5.41, 5.74) is -0.343. The van der Waals surface area contributed by atoms with Gasteiger partial charge in [-0.1, -0.05) is 18.2 Å². The third-order valence-electron chi connectivity index (χ3n) is 6.70. The predicted octanol–water partition coefficient (Wildman–Crippen LogP) is 5.87. The standard InChI is InChI=1S/C25H16Cl3NO11S3/c1-38-19-7-12(17(29(30)31)8-20(19)39-2)11-40-18-9-21(41(26,32)33)14-5-6-16-23(43(28,36)37)10-22(42(27,34)35)15-4-3-13(18)24(14)25(15)16/h3-10H,11H2,1-2H3. The van der Waals surface area contributed by atoms with E-state index in [0.29, 0.717) is 0 Å². The average Bonchev–Trinajstić information content (AvgIpc) is 2.92. The van der Waals surface area contributed by atoms with Crippen LogP contribution in [0, 0.1) is 10.1 Å². The van der Waals surface area contributed by atoms with Gasteiger partial charge in [-0.05, 0) is 18.2 Å². The highest BCUT2D eigenvalue weighted by Crippen LogP contribution is 2.47. The summed E-state index contributed by atoms with van der Waals surface area (Å²) in [5, 5.41) is 12.0. The van der Waals surface area contributed by atoms with Crippen LogP contribution < -0.4 is 14.2 Å². The maximum atomic E-state index is 12.7. The lowest BCUT2D eigenvalue weighted by atomic mass is 9.93. The fourth-order valence-corrected chi connectivity index (χ4v) is 8.23. The molecule has 0 atom stereocenters. The smallest absolute Gasteiger partial charge is 0.280 e. The fraction of sp³-hybridized carbons (Fsp3) is 0.120. The molecule has 5 rings (SSSR count). The van der Waals surface area contributed by atoms with Crippen molar-refractivity contribution in [2.24, 2.45) is 0 Å². The second-order valence-corrected chi connectivity index (χ2v) is 16.6. The fourth-order valence-electron chi connectivity index (χ4n) is 4.94. The second kappa shape index (κ2) is 10.7. The summed E-state index contributed by atoms with van der Waals surface area (Å²) in [5.74, 6) is 0.127. The summed E-state index contributed by atoms with van der Waals surface area (Å²) in [6.45, 7) is -0.467. The average molecular weight is 709 g/mol. The van der Waals surface area contributed by atoms with Crippen LogP contribution in [0.3, 0.4) is 0 Å². The number of methoxy groups -OCH3 is 2. The zero-order valence-corrected chi connectivity index (χ0v) is 26.3. The maximum Gasteiger partial charge on any atom is 0.280 e. The summed E-state index contributed by atoms with van der Waals surface area (Å²) in [6, 6.07) is 9.69. The van der Waals surface area contributed by atoms with E-state index in [1.807, 2.05) is 0 Å². The summed E-state index contributed by atoms with van der Waals surface area (Å²) in [7, 11) is 6.16. The van der Waals surface area contributed by atoms with Gasteiger partial charge in [-0.3, -0.25) is 10.1 Å². The molecule has 0 radical (unpaired) electrons. The van der Waals surface area contributed by atoms with Gasteiger partial charge in [0, 0.05) is 70.4 Å². The first-order valence-electron chi connectivity index (χ1n) is 11.6. The Bertz CT molecular complexity index is 2270. The molecule has 0 fully saturated rings. The molecule has 12 nitrogen and oxygen atoms in total. The number of nitrogens with zero attached hydrogens (tertiary/aromatic N) is 1. The van der Waals surface area contributed by atoms with Crippen molar-refractivity contribution in [1.82, 2.24) is 0 Å². The Kier molecular flexibility index (Phi) is 7.72. The zero-order chi connectivity index (χ0) is 31.6. The van der Waals surface area contributed by atoms with E-state index in [2.05, 4.69) is 0 Å². The largest absolute Gasteiger partial charge is 0.493 e.